The minimum atomic E-state index is -0.0821. The number of amides is 1. The van der Waals surface area contributed by atoms with Gasteiger partial charge < -0.3 is 5.32 Å². The molecule has 1 aliphatic carbocycles. The van der Waals surface area contributed by atoms with Gasteiger partial charge in [-0.25, -0.2) is 0 Å². The van der Waals surface area contributed by atoms with Crippen LogP contribution in [0.2, 0.25) is 0 Å². The summed E-state index contributed by atoms with van der Waals surface area (Å²) >= 11 is 0. The van der Waals surface area contributed by atoms with Crippen LogP contribution in [0.25, 0.3) is 11.1 Å². The van der Waals surface area contributed by atoms with Gasteiger partial charge in [0, 0.05) is 18.6 Å². The van der Waals surface area contributed by atoms with Crippen LogP contribution < -0.4 is 5.32 Å². The van der Waals surface area contributed by atoms with Gasteiger partial charge in [0.2, 0.25) is 0 Å². The van der Waals surface area contributed by atoms with E-state index in [2.05, 4.69) is 39.7 Å². The Kier molecular flexibility index (Phi) is 4.52. The van der Waals surface area contributed by atoms with E-state index in [1.54, 1.807) is 18.6 Å². The van der Waals surface area contributed by atoms with Crippen molar-refractivity contribution in [1.29, 1.82) is 0 Å². The van der Waals surface area contributed by atoms with E-state index in [0.29, 0.717) is 11.6 Å². The molecule has 5 nitrogen and oxygen atoms in total. The van der Waals surface area contributed by atoms with Crippen molar-refractivity contribution in [1.82, 2.24) is 20.1 Å². The zero-order valence-corrected chi connectivity index (χ0v) is 14.8. The number of aromatic nitrogens is 3. The maximum atomic E-state index is 12.5. The van der Waals surface area contributed by atoms with E-state index in [9.17, 15) is 4.79 Å². The molecule has 1 aromatic carbocycles. The molecule has 26 heavy (non-hydrogen) atoms. The average Bonchev–Trinajstić information content (AvgIpc) is 3.10. The predicted molar refractivity (Wildman–Crippen MR) is 101 cm³/mol. The minimum absolute atomic E-state index is 0.0685. The van der Waals surface area contributed by atoms with Gasteiger partial charge in [-0.3, -0.25) is 14.5 Å². The van der Waals surface area contributed by atoms with Crippen LogP contribution in [0.3, 0.4) is 0 Å². The molecule has 1 unspecified atom stereocenters. The predicted octanol–water partition coefficient (Wildman–Crippen LogP) is 4.16. The van der Waals surface area contributed by atoms with Crippen LogP contribution in [-0.2, 0) is 0 Å². The number of carbonyl (C=O) groups excluding carboxylic acids is 1. The number of hydrogen-bond donors (Lipinski definition) is 1. The molecular formula is C21H22N4O. The number of nitrogens with one attached hydrogen (secondary N) is 1. The maximum Gasteiger partial charge on any atom is 0.254 e. The molecular weight excluding hydrogens is 324 g/mol. The van der Waals surface area contributed by atoms with Crippen molar-refractivity contribution >= 4 is 5.91 Å². The molecule has 0 saturated heterocycles. The Hall–Kier alpha value is -2.95. The molecule has 0 bridgehead atoms. The highest BCUT2D eigenvalue weighted by Crippen LogP contribution is 2.30. The first-order valence-electron chi connectivity index (χ1n) is 9.06. The summed E-state index contributed by atoms with van der Waals surface area (Å²) in [5.41, 5.74) is 3.96. The highest BCUT2D eigenvalue weighted by atomic mass is 16.1. The smallest absolute Gasteiger partial charge is 0.254 e. The van der Waals surface area contributed by atoms with Gasteiger partial charge in [-0.15, -0.1) is 0 Å². The van der Waals surface area contributed by atoms with Gasteiger partial charge in [-0.1, -0.05) is 24.3 Å². The first-order valence-corrected chi connectivity index (χ1v) is 9.06. The molecule has 1 N–H and O–H groups in total. The normalized spacial score (nSPS) is 15.3. The summed E-state index contributed by atoms with van der Waals surface area (Å²) in [5.74, 6) is -0.0821. The number of carbonyl (C=O) groups is 1. The van der Waals surface area contributed by atoms with E-state index in [-0.39, 0.29) is 11.9 Å². The second-order valence-corrected chi connectivity index (χ2v) is 6.85. The first-order chi connectivity index (χ1) is 12.7. The number of nitrogens with zero attached hydrogens (tertiary/aromatic N) is 3. The Bertz CT molecular complexity index is 882. The molecule has 2 heterocycles. The number of pyridine rings is 1. The van der Waals surface area contributed by atoms with Gasteiger partial charge in [-0.2, -0.15) is 5.10 Å². The van der Waals surface area contributed by atoms with Crippen LogP contribution in [0.5, 0.6) is 0 Å². The topological polar surface area (TPSA) is 59.8 Å². The van der Waals surface area contributed by atoms with E-state index in [1.807, 2.05) is 29.9 Å². The van der Waals surface area contributed by atoms with Gasteiger partial charge in [0.05, 0.1) is 23.8 Å². The number of benzene rings is 1. The number of hydrogen-bond acceptors (Lipinski definition) is 3. The van der Waals surface area contributed by atoms with Crippen LogP contribution in [-0.4, -0.2) is 20.7 Å². The van der Waals surface area contributed by atoms with Gasteiger partial charge in [0.15, 0.2) is 0 Å². The molecule has 1 fully saturated rings. The molecule has 0 spiro atoms. The van der Waals surface area contributed by atoms with Crippen molar-refractivity contribution in [2.24, 2.45) is 0 Å². The summed E-state index contributed by atoms with van der Waals surface area (Å²) in [6.45, 7) is 2.00. The van der Waals surface area contributed by atoms with Crippen LogP contribution in [0.1, 0.15) is 54.2 Å². The van der Waals surface area contributed by atoms with E-state index in [4.69, 9.17) is 0 Å². The molecule has 1 atom stereocenters. The van der Waals surface area contributed by atoms with E-state index < -0.39 is 0 Å². The highest BCUT2D eigenvalue weighted by Gasteiger charge is 2.21. The number of rotatable bonds is 5. The van der Waals surface area contributed by atoms with Crippen molar-refractivity contribution in [3.05, 3.63) is 72.3 Å². The minimum Gasteiger partial charge on any atom is -0.345 e. The lowest BCUT2D eigenvalue weighted by Gasteiger charge is -2.25. The standard InChI is InChI=1S/C21H22N4O/c1-15(16-5-7-17(8-6-16)18-9-11-22-12-10-18)24-21(26)19-13-23-25(14-19)20-3-2-4-20/h5-15,20H,2-4H2,1H3,(H,24,26). The Balaban J connectivity index is 1.41. The Morgan fingerprint density at radius 1 is 1.12 bits per heavy atom. The second-order valence-electron chi connectivity index (χ2n) is 6.85. The largest absolute Gasteiger partial charge is 0.345 e. The molecule has 3 aromatic rings. The summed E-state index contributed by atoms with van der Waals surface area (Å²) in [6.07, 6.45) is 10.7. The monoisotopic (exact) mass is 346 g/mol. The van der Waals surface area contributed by atoms with Crippen molar-refractivity contribution in [3.63, 3.8) is 0 Å². The van der Waals surface area contributed by atoms with E-state index >= 15 is 0 Å². The molecule has 4 rings (SSSR count). The molecule has 1 aliphatic rings. The Labute approximate surface area is 153 Å². The third-order valence-electron chi connectivity index (χ3n) is 5.08. The Morgan fingerprint density at radius 2 is 1.81 bits per heavy atom. The summed E-state index contributed by atoms with van der Waals surface area (Å²) in [7, 11) is 0. The fraction of sp³-hybridized carbons (Fsp3) is 0.286. The van der Waals surface area contributed by atoms with Crippen LogP contribution in [0.4, 0.5) is 0 Å². The average molecular weight is 346 g/mol. The van der Waals surface area contributed by atoms with Gasteiger partial charge in [-0.05, 0) is 55.0 Å². The molecule has 0 radical (unpaired) electrons. The maximum absolute atomic E-state index is 12.5. The zero-order valence-electron chi connectivity index (χ0n) is 14.8. The zero-order chi connectivity index (χ0) is 17.9. The van der Waals surface area contributed by atoms with Crippen LogP contribution in [0.15, 0.2) is 61.2 Å². The summed E-state index contributed by atoms with van der Waals surface area (Å²) in [5, 5.41) is 7.39. The molecule has 1 amide bonds. The molecule has 5 heteroatoms. The van der Waals surface area contributed by atoms with Crippen molar-refractivity contribution in [2.45, 2.75) is 38.3 Å². The lowest BCUT2D eigenvalue weighted by molar-refractivity contribution is 0.0939. The quantitative estimate of drug-likeness (QED) is 0.754. The lowest BCUT2D eigenvalue weighted by atomic mass is 9.93. The summed E-state index contributed by atoms with van der Waals surface area (Å²) in [6, 6.07) is 12.6. The highest BCUT2D eigenvalue weighted by molar-refractivity contribution is 5.93. The fourth-order valence-electron chi connectivity index (χ4n) is 3.18. The van der Waals surface area contributed by atoms with Crippen LogP contribution in [0, 0.1) is 0 Å². The van der Waals surface area contributed by atoms with Gasteiger partial charge in [0.25, 0.3) is 5.91 Å². The van der Waals surface area contributed by atoms with Crippen molar-refractivity contribution in [2.75, 3.05) is 0 Å². The van der Waals surface area contributed by atoms with Gasteiger partial charge in [0.1, 0.15) is 0 Å². The molecule has 0 aliphatic heterocycles. The van der Waals surface area contributed by atoms with Crippen molar-refractivity contribution in [3.8, 4) is 11.1 Å². The molecule has 132 valence electrons. The summed E-state index contributed by atoms with van der Waals surface area (Å²) < 4.78 is 1.92. The van der Waals surface area contributed by atoms with Crippen LogP contribution >= 0.6 is 0 Å². The fourth-order valence-corrected chi connectivity index (χ4v) is 3.18. The molecule has 1 saturated carbocycles. The van der Waals surface area contributed by atoms with E-state index in [1.165, 1.54) is 6.42 Å². The van der Waals surface area contributed by atoms with Crippen molar-refractivity contribution < 1.29 is 4.79 Å². The lowest BCUT2D eigenvalue weighted by Crippen LogP contribution is -2.26. The Morgan fingerprint density at radius 3 is 2.46 bits per heavy atom. The SMILES string of the molecule is CC(NC(=O)c1cnn(C2CCC2)c1)c1ccc(-c2ccncc2)cc1. The van der Waals surface area contributed by atoms with E-state index in [0.717, 1.165) is 29.5 Å². The third-order valence-corrected chi connectivity index (χ3v) is 5.08. The third kappa shape index (κ3) is 3.38. The second kappa shape index (κ2) is 7.12. The first kappa shape index (κ1) is 16.5. The molecule has 2 aromatic heterocycles. The van der Waals surface area contributed by atoms with Gasteiger partial charge >= 0.3 is 0 Å². The summed E-state index contributed by atoms with van der Waals surface area (Å²) in [4.78, 5) is 16.5.